The molecule has 6 nitrogen and oxygen atoms in total. The number of amides is 1. The molecule has 2 N–H and O–H groups in total. The smallest absolute Gasteiger partial charge is 0.328 e. The number of benzene rings is 1. The van der Waals surface area contributed by atoms with Gasteiger partial charge in [-0.1, -0.05) is 22.0 Å². The Morgan fingerprint density at radius 3 is 2.95 bits per heavy atom. The highest BCUT2D eigenvalue weighted by molar-refractivity contribution is 9.10. The van der Waals surface area contributed by atoms with Crippen molar-refractivity contribution in [1.82, 2.24) is 9.88 Å². The molecule has 1 aromatic carbocycles. The van der Waals surface area contributed by atoms with Crippen LogP contribution in [0, 0.1) is 0 Å². The number of morpholine rings is 1. The molecule has 2 aromatic rings. The second kappa shape index (κ2) is 5.50. The number of hydrogen-bond donors (Lipinski definition) is 2. The van der Waals surface area contributed by atoms with Gasteiger partial charge in [-0.15, -0.1) is 0 Å². The lowest BCUT2D eigenvalue weighted by Crippen LogP contribution is -2.52. The van der Waals surface area contributed by atoms with E-state index in [0.717, 1.165) is 15.4 Å². The number of aromatic nitrogens is 1. The number of fused-ring (bicyclic) bond motifs is 1. The molecule has 0 radical (unpaired) electrons. The second-order valence-corrected chi connectivity index (χ2v) is 5.76. The summed E-state index contributed by atoms with van der Waals surface area (Å²) in [6, 6.07) is 6.45. The summed E-state index contributed by atoms with van der Waals surface area (Å²) in [5, 5.41) is 10.1. The maximum Gasteiger partial charge on any atom is 0.328 e. The van der Waals surface area contributed by atoms with E-state index in [4.69, 9.17) is 4.74 Å². The van der Waals surface area contributed by atoms with Crippen LogP contribution in [0.5, 0.6) is 0 Å². The maximum atomic E-state index is 12.5. The van der Waals surface area contributed by atoms with Crippen molar-refractivity contribution in [1.29, 1.82) is 0 Å². The fourth-order valence-corrected chi connectivity index (χ4v) is 2.78. The third-order valence-electron chi connectivity index (χ3n) is 3.49. The Kier molecular flexibility index (Phi) is 3.69. The summed E-state index contributed by atoms with van der Waals surface area (Å²) >= 11 is 3.37. The van der Waals surface area contributed by atoms with E-state index in [-0.39, 0.29) is 19.1 Å². The van der Waals surface area contributed by atoms with Gasteiger partial charge < -0.3 is 19.7 Å². The van der Waals surface area contributed by atoms with Gasteiger partial charge in [-0.2, -0.15) is 0 Å². The average Bonchev–Trinajstić information content (AvgIpc) is 2.89. The first kappa shape index (κ1) is 14.1. The normalized spacial score (nSPS) is 18.9. The summed E-state index contributed by atoms with van der Waals surface area (Å²) in [7, 11) is 0. The molecule has 0 aliphatic carbocycles. The third-order valence-corrected chi connectivity index (χ3v) is 3.98. The average molecular weight is 353 g/mol. The first-order chi connectivity index (χ1) is 10.1. The quantitative estimate of drug-likeness (QED) is 0.863. The van der Waals surface area contributed by atoms with Crippen molar-refractivity contribution < 1.29 is 19.4 Å². The molecule has 1 amide bonds. The van der Waals surface area contributed by atoms with Crippen LogP contribution in [0.15, 0.2) is 28.7 Å². The Balaban J connectivity index is 1.93. The number of nitrogens with one attached hydrogen (secondary N) is 1. The first-order valence-corrected chi connectivity index (χ1v) is 7.25. The van der Waals surface area contributed by atoms with Gasteiger partial charge in [-0.05, 0) is 18.2 Å². The number of aromatic amines is 1. The van der Waals surface area contributed by atoms with E-state index in [1.54, 1.807) is 6.07 Å². The molecule has 1 aromatic heterocycles. The van der Waals surface area contributed by atoms with Crippen LogP contribution in [-0.4, -0.2) is 52.7 Å². The van der Waals surface area contributed by atoms with Crippen LogP contribution in [0.3, 0.4) is 0 Å². The van der Waals surface area contributed by atoms with E-state index < -0.39 is 12.0 Å². The number of nitrogens with zero attached hydrogens (tertiary/aromatic N) is 1. The van der Waals surface area contributed by atoms with E-state index in [0.29, 0.717) is 12.3 Å². The highest BCUT2D eigenvalue weighted by Gasteiger charge is 2.33. The van der Waals surface area contributed by atoms with Crippen LogP contribution < -0.4 is 0 Å². The van der Waals surface area contributed by atoms with Gasteiger partial charge in [0.05, 0.1) is 13.2 Å². The van der Waals surface area contributed by atoms with Crippen LogP contribution in [0.25, 0.3) is 10.9 Å². The largest absolute Gasteiger partial charge is 0.480 e. The SMILES string of the molecule is O=C(O)[C@@H]1COCCN1C(=O)c1cc2ccc(Br)cc2[nH]1. The zero-order valence-electron chi connectivity index (χ0n) is 11.0. The minimum Gasteiger partial charge on any atom is -0.480 e. The molecule has 110 valence electrons. The van der Waals surface area contributed by atoms with Crippen molar-refractivity contribution in [2.45, 2.75) is 6.04 Å². The molecule has 1 atom stereocenters. The predicted molar refractivity (Wildman–Crippen MR) is 79.3 cm³/mol. The fraction of sp³-hybridized carbons (Fsp3) is 0.286. The second-order valence-electron chi connectivity index (χ2n) is 4.84. The molecule has 0 saturated carbocycles. The van der Waals surface area contributed by atoms with Crippen molar-refractivity contribution in [2.75, 3.05) is 19.8 Å². The number of carboxylic acids is 1. The Morgan fingerprint density at radius 2 is 2.19 bits per heavy atom. The summed E-state index contributed by atoms with van der Waals surface area (Å²) in [4.78, 5) is 28.1. The number of hydrogen-bond acceptors (Lipinski definition) is 3. The number of H-pyrrole nitrogens is 1. The highest BCUT2D eigenvalue weighted by atomic mass is 79.9. The predicted octanol–water partition coefficient (Wildman–Crippen LogP) is 1.86. The maximum absolute atomic E-state index is 12.5. The molecule has 1 fully saturated rings. The zero-order chi connectivity index (χ0) is 15.0. The minimum absolute atomic E-state index is 0.0207. The molecule has 0 bridgehead atoms. The van der Waals surface area contributed by atoms with Crippen molar-refractivity contribution in [3.8, 4) is 0 Å². The van der Waals surface area contributed by atoms with Crippen molar-refractivity contribution in [2.24, 2.45) is 0 Å². The lowest BCUT2D eigenvalue weighted by Gasteiger charge is -2.32. The van der Waals surface area contributed by atoms with Gasteiger partial charge in [0.25, 0.3) is 5.91 Å². The number of carbonyl (C=O) groups excluding carboxylic acids is 1. The lowest BCUT2D eigenvalue weighted by molar-refractivity contribution is -0.147. The van der Waals surface area contributed by atoms with Crippen molar-refractivity contribution >= 4 is 38.7 Å². The molecule has 1 saturated heterocycles. The molecule has 1 aliphatic heterocycles. The van der Waals surface area contributed by atoms with E-state index in [1.807, 2.05) is 18.2 Å². The van der Waals surface area contributed by atoms with Gasteiger partial charge in [0.15, 0.2) is 6.04 Å². The Morgan fingerprint density at radius 1 is 1.38 bits per heavy atom. The molecular weight excluding hydrogens is 340 g/mol. The molecule has 0 unspecified atom stereocenters. The number of carbonyl (C=O) groups is 2. The summed E-state index contributed by atoms with van der Waals surface area (Å²) < 4.78 is 6.05. The highest BCUT2D eigenvalue weighted by Crippen LogP contribution is 2.22. The molecular formula is C14H13BrN2O4. The summed E-state index contributed by atoms with van der Waals surface area (Å²) in [6.45, 7) is 0.642. The van der Waals surface area contributed by atoms with E-state index in [2.05, 4.69) is 20.9 Å². The van der Waals surface area contributed by atoms with E-state index in [9.17, 15) is 14.7 Å². The van der Waals surface area contributed by atoms with Crippen LogP contribution in [0.2, 0.25) is 0 Å². The van der Waals surface area contributed by atoms with Crippen LogP contribution in [0.4, 0.5) is 0 Å². The summed E-state index contributed by atoms with van der Waals surface area (Å²) in [5.41, 5.74) is 1.21. The molecule has 3 rings (SSSR count). The van der Waals surface area contributed by atoms with Crippen LogP contribution >= 0.6 is 15.9 Å². The number of aliphatic carboxylic acids is 1. The van der Waals surface area contributed by atoms with E-state index >= 15 is 0 Å². The fourth-order valence-electron chi connectivity index (χ4n) is 2.42. The van der Waals surface area contributed by atoms with E-state index in [1.165, 1.54) is 4.90 Å². The summed E-state index contributed by atoms with van der Waals surface area (Å²) in [5.74, 6) is -1.38. The van der Waals surface area contributed by atoms with Gasteiger partial charge in [-0.25, -0.2) is 4.79 Å². The number of halogens is 1. The van der Waals surface area contributed by atoms with Gasteiger partial charge in [0, 0.05) is 21.9 Å². The van der Waals surface area contributed by atoms with Gasteiger partial charge in [0.2, 0.25) is 0 Å². The standard InChI is InChI=1S/C14H13BrN2O4/c15-9-2-1-8-5-11(16-10(8)6-9)13(18)17-3-4-21-7-12(17)14(19)20/h1-2,5-6,12,16H,3-4,7H2,(H,19,20)/t12-/m0/s1. The Hall–Kier alpha value is -1.86. The van der Waals surface area contributed by atoms with Crippen molar-refractivity contribution in [3.63, 3.8) is 0 Å². The third kappa shape index (κ3) is 2.66. The zero-order valence-corrected chi connectivity index (χ0v) is 12.6. The van der Waals surface area contributed by atoms with Crippen LogP contribution in [-0.2, 0) is 9.53 Å². The number of ether oxygens (including phenoxy) is 1. The van der Waals surface area contributed by atoms with Gasteiger partial charge in [0.1, 0.15) is 5.69 Å². The Labute approximate surface area is 128 Å². The number of carboxylic acid groups (broad SMARTS) is 1. The lowest BCUT2D eigenvalue weighted by atomic mass is 10.2. The molecule has 1 aliphatic rings. The molecule has 2 heterocycles. The first-order valence-electron chi connectivity index (χ1n) is 6.46. The molecule has 21 heavy (non-hydrogen) atoms. The van der Waals surface area contributed by atoms with Gasteiger partial charge >= 0.3 is 5.97 Å². The summed E-state index contributed by atoms with van der Waals surface area (Å²) in [6.07, 6.45) is 0. The Bertz CT molecular complexity index is 712. The van der Waals surface area contributed by atoms with Crippen molar-refractivity contribution in [3.05, 3.63) is 34.4 Å². The minimum atomic E-state index is -1.05. The monoisotopic (exact) mass is 352 g/mol. The number of rotatable bonds is 2. The van der Waals surface area contributed by atoms with Gasteiger partial charge in [-0.3, -0.25) is 4.79 Å². The molecule has 0 spiro atoms. The molecule has 7 heteroatoms. The topological polar surface area (TPSA) is 82.6 Å². The van der Waals surface area contributed by atoms with Crippen LogP contribution in [0.1, 0.15) is 10.5 Å².